The molecule has 0 amide bonds. The Bertz CT molecular complexity index is 968. The zero-order valence-electron chi connectivity index (χ0n) is 16.0. The zero-order valence-corrected chi connectivity index (χ0v) is 16.0. The predicted molar refractivity (Wildman–Crippen MR) is 113 cm³/mol. The fraction of sp³-hybridized carbons (Fsp3) is 0.154. The molecule has 0 radical (unpaired) electrons. The standard InChI is InChI=1S/C26H24/c1-6-23(10-7-20(2)3)13-14-25-16-18-26(22(5)19-25)17-15-24-11-8-21(4)9-12-24/h6-12,16,18-19H,1H2,2-5H3/b23-10+. The molecule has 0 nitrogen and oxygen atoms in total. The van der Waals surface area contributed by atoms with Gasteiger partial charge in [-0.2, -0.15) is 0 Å². The minimum atomic E-state index is 0.909. The Morgan fingerprint density at radius 2 is 1.54 bits per heavy atom. The molecule has 0 aliphatic heterocycles. The molecular formula is C26H24. The first-order chi connectivity index (χ1) is 12.5. The highest BCUT2D eigenvalue weighted by Gasteiger charge is 1.96. The van der Waals surface area contributed by atoms with Gasteiger partial charge in [-0.05, 0) is 69.7 Å². The molecule has 0 saturated heterocycles. The van der Waals surface area contributed by atoms with Gasteiger partial charge in [-0.15, -0.1) is 0 Å². The van der Waals surface area contributed by atoms with E-state index in [-0.39, 0.29) is 0 Å². The molecule has 0 atom stereocenters. The van der Waals surface area contributed by atoms with E-state index >= 15 is 0 Å². The maximum atomic E-state index is 3.82. The van der Waals surface area contributed by atoms with E-state index in [1.807, 2.05) is 36.4 Å². The lowest BCUT2D eigenvalue weighted by Crippen LogP contribution is -1.85. The first-order valence-corrected chi connectivity index (χ1v) is 8.67. The van der Waals surface area contributed by atoms with E-state index in [4.69, 9.17) is 0 Å². The Kier molecular flexibility index (Phi) is 6.84. The second kappa shape index (κ2) is 9.31. The summed E-state index contributed by atoms with van der Waals surface area (Å²) in [6.07, 6.45) is 5.81. The summed E-state index contributed by atoms with van der Waals surface area (Å²) in [5, 5.41) is 0. The molecule has 0 heteroatoms. The van der Waals surface area contributed by atoms with Gasteiger partial charge in [-0.25, -0.2) is 0 Å². The highest BCUT2D eigenvalue weighted by Crippen LogP contribution is 2.10. The number of hydrogen-bond acceptors (Lipinski definition) is 0. The summed E-state index contributed by atoms with van der Waals surface area (Å²) in [5.41, 5.74) is 7.55. The summed E-state index contributed by atoms with van der Waals surface area (Å²) in [7, 11) is 0. The number of allylic oxidation sites excluding steroid dienone is 5. The number of aryl methyl sites for hydroxylation is 2. The molecule has 0 heterocycles. The van der Waals surface area contributed by atoms with Crippen LogP contribution in [-0.2, 0) is 0 Å². The number of hydrogen-bond donors (Lipinski definition) is 0. The van der Waals surface area contributed by atoms with E-state index in [2.05, 4.69) is 76.2 Å². The Labute approximate surface area is 158 Å². The molecule has 0 N–H and O–H groups in total. The lowest BCUT2D eigenvalue weighted by Gasteiger charge is -1.99. The minimum Gasteiger partial charge on any atom is -0.0978 e. The Morgan fingerprint density at radius 1 is 0.846 bits per heavy atom. The highest BCUT2D eigenvalue weighted by atomic mass is 14.0. The number of benzene rings is 2. The SMILES string of the molecule is C=C/C(C#Cc1ccc(C#Cc2ccc(C)cc2)c(C)c1)=C\C=C(C)C. The second-order valence-corrected chi connectivity index (χ2v) is 6.47. The minimum absolute atomic E-state index is 0.909. The van der Waals surface area contributed by atoms with Crippen molar-refractivity contribution in [3.8, 4) is 23.7 Å². The van der Waals surface area contributed by atoms with Crippen molar-refractivity contribution < 1.29 is 0 Å². The zero-order chi connectivity index (χ0) is 18.9. The third kappa shape index (κ3) is 6.01. The maximum absolute atomic E-state index is 3.82. The first kappa shape index (κ1) is 19.1. The van der Waals surface area contributed by atoms with Crippen LogP contribution in [0.2, 0.25) is 0 Å². The fourth-order valence-corrected chi connectivity index (χ4v) is 2.22. The number of rotatable bonds is 2. The van der Waals surface area contributed by atoms with Crippen LogP contribution in [0.3, 0.4) is 0 Å². The van der Waals surface area contributed by atoms with Gasteiger partial charge in [0.1, 0.15) is 0 Å². The summed E-state index contributed by atoms with van der Waals surface area (Å²) in [6, 6.07) is 14.4. The van der Waals surface area contributed by atoms with Crippen molar-refractivity contribution in [2.24, 2.45) is 0 Å². The van der Waals surface area contributed by atoms with Crippen LogP contribution in [0, 0.1) is 37.5 Å². The van der Waals surface area contributed by atoms with Crippen molar-refractivity contribution in [1.29, 1.82) is 0 Å². The molecule has 2 rings (SSSR count). The van der Waals surface area contributed by atoms with Crippen LogP contribution in [0.25, 0.3) is 0 Å². The molecule has 2 aromatic carbocycles. The Morgan fingerprint density at radius 3 is 2.15 bits per heavy atom. The van der Waals surface area contributed by atoms with Crippen LogP contribution < -0.4 is 0 Å². The van der Waals surface area contributed by atoms with Crippen molar-refractivity contribution in [2.45, 2.75) is 27.7 Å². The van der Waals surface area contributed by atoms with Crippen LogP contribution in [-0.4, -0.2) is 0 Å². The lowest BCUT2D eigenvalue weighted by molar-refractivity contribution is 1.39. The van der Waals surface area contributed by atoms with Crippen LogP contribution in [0.15, 0.2) is 78.4 Å². The maximum Gasteiger partial charge on any atom is 0.0279 e. The fourth-order valence-electron chi connectivity index (χ4n) is 2.22. The smallest absolute Gasteiger partial charge is 0.0279 e. The van der Waals surface area contributed by atoms with Gasteiger partial charge in [0.2, 0.25) is 0 Å². The summed E-state index contributed by atoms with van der Waals surface area (Å²) in [4.78, 5) is 0. The lowest BCUT2D eigenvalue weighted by atomic mass is 10.0. The summed E-state index contributed by atoms with van der Waals surface area (Å²) in [6.45, 7) is 12.1. The molecule has 0 spiro atoms. The Balaban J connectivity index is 2.22. The topological polar surface area (TPSA) is 0 Å². The van der Waals surface area contributed by atoms with E-state index in [1.54, 1.807) is 6.08 Å². The van der Waals surface area contributed by atoms with Gasteiger partial charge in [-0.3, -0.25) is 0 Å². The van der Waals surface area contributed by atoms with Crippen molar-refractivity contribution >= 4 is 0 Å². The third-order valence-electron chi connectivity index (χ3n) is 3.79. The molecule has 128 valence electrons. The first-order valence-electron chi connectivity index (χ1n) is 8.67. The summed E-state index contributed by atoms with van der Waals surface area (Å²) >= 11 is 0. The molecule has 0 saturated carbocycles. The molecule has 26 heavy (non-hydrogen) atoms. The van der Waals surface area contributed by atoms with Crippen molar-refractivity contribution in [3.63, 3.8) is 0 Å². The van der Waals surface area contributed by atoms with E-state index in [1.165, 1.54) is 11.1 Å². The monoisotopic (exact) mass is 336 g/mol. The van der Waals surface area contributed by atoms with Gasteiger partial charge in [0, 0.05) is 22.3 Å². The summed E-state index contributed by atoms with van der Waals surface area (Å²) in [5.74, 6) is 12.8. The van der Waals surface area contributed by atoms with Gasteiger partial charge in [0.05, 0.1) is 0 Å². The van der Waals surface area contributed by atoms with Crippen molar-refractivity contribution in [2.75, 3.05) is 0 Å². The van der Waals surface area contributed by atoms with Gasteiger partial charge >= 0.3 is 0 Å². The normalized spacial score (nSPS) is 10.1. The molecule has 0 fully saturated rings. The predicted octanol–water partition coefficient (Wildman–Crippen LogP) is 6.13. The van der Waals surface area contributed by atoms with Gasteiger partial charge in [0.25, 0.3) is 0 Å². The van der Waals surface area contributed by atoms with Crippen LogP contribution in [0.1, 0.15) is 41.7 Å². The van der Waals surface area contributed by atoms with Crippen LogP contribution >= 0.6 is 0 Å². The average Bonchev–Trinajstić information content (AvgIpc) is 2.62. The molecule has 2 aromatic rings. The molecule has 0 aliphatic carbocycles. The highest BCUT2D eigenvalue weighted by molar-refractivity contribution is 5.52. The van der Waals surface area contributed by atoms with E-state index < -0.39 is 0 Å². The Hall–Kier alpha value is -3.22. The molecule has 0 unspecified atom stereocenters. The van der Waals surface area contributed by atoms with E-state index in [0.717, 1.165) is 27.8 Å². The third-order valence-corrected chi connectivity index (χ3v) is 3.79. The average molecular weight is 336 g/mol. The van der Waals surface area contributed by atoms with Crippen LogP contribution in [0.4, 0.5) is 0 Å². The van der Waals surface area contributed by atoms with Gasteiger partial charge < -0.3 is 0 Å². The quantitative estimate of drug-likeness (QED) is 0.457. The molecular weight excluding hydrogens is 312 g/mol. The van der Waals surface area contributed by atoms with E-state index in [0.29, 0.717) is 0 Å². The largest absolute Gasteiger partial charge is 0.0978 e. The second-order valence-electron chi connectivity index (χ2n) is 6.47. The van der Waals surface area contributed by atoms with Crippen LogP contribution in [0.5, 0.6) is 0 Å². The molecule has 0 aromatic heterocycles. The van der Waals surface area contributed by atoms with Gasteiger partial charge in [-0.1, -0.05) is 65.7 Å². The molecule has 0 bridgehead atoms. The molecule has 0 aliphatic rings. The van der Waals surface area contributed by atoms with Crippen molar-refractivity contribution in [1.82, 2.24) is 0 Å². The van der Waals surface area contributed by atoms with E-state index in [9.17, 15) is 0 Å². The summed E-state index contributed by atoms with van der Waals surface area (Å²) < 4.78 is 0. The van der Waals surface area contributed by atoms with Crippen molar-refractivity contribution in [3.05, 3.63) is 106 Å². The van der Waals surface area contributed by atoms with Gasteiger partial charge in [0.15, 0.2) is 0 Å².